The Bertz CT molecular complexity index is 586. The Morgan fingerprint density at radius 3 is 2.40 bits per heavy atom. The standard InChI is InChI=1S/C16H17ClN2O/c1-11(13-8-5-9-14(17)10-13)19-16(20)15(18)12-6-3-2-4-7-12/h2-11,15H,18H2,1H3,(H,19,20)/t11-,15+/m0/s1. The van der Waals surface area contributed by atoms with Crippen molar-refractivity contribution in [1.29, 1.82) is 0 Å². The molecule has 2 atom stereocenters. The topological polar surface area (TPSA) is 55.1 Å². The number of halogens is 1. The summed E-state index contributed by atoms with van der Waals surface area (Å²) in [7, 11) is 0. The minimum atomic E-state index is -0.669. The number of rotatable bonds is 4. The molecule has 0 unspecified atom stereocenters. The van der Waals surface area contributed by atoms with Crippen LogP contribution in [0.1, 0.15) is 30.1 Å². The lowest BCUT2D eigenvalue weighted by molar-refractivity contribution is -0.123. The lowest BCUT2D eigenvalue weighted by atomic mass is 10.1. The minimum absolute atomic E-state index is 0.143. The van der Waals surface area contributed by atoms with Crippen LogP contribution >= 0.6 is 11.6 Å². The monoisotopic (exact) mass is 288 g/mol. The number of carbonyl (C=O) groups excluding carboxylic acids is 1. The normalized spacial score (nSPS) is 13.6. The Balaban J connectivity index is 2.04. The van der Waals surface area contributed by atoms with E-state index in [-0.39, 0.29) is 11.9 Å². The highest BCUT2D eigenvalue weighted by molar-refractivity contribution is 6.30. The van der Waals surface area contributed by atoms with Gasteiger partial charge in [0.1, 0.15) is 6.04 Å². The number of nitrogens with two attached hydrogens (primary N) is 1. The summed E-state index contributed by atoms with van der Waals surface area (Å²) in [5.74, 6) is -0.205. The number of amides is 1. The second kappa shape index (κ2) is 6.55. The lowest BCUT2D eigenvalue weighted by Gasteiger charge is -2.18. The average Bonchev–Trinajstić information content (AvgIpc) is 2.47. The fraction of sp³-hybridized carbons (Fsp3) is 0.188. The van der Waals surface area contributed by atoms with Gasteiger partial charge in [-0.2, -0.15) is 0 Å². The maximum atomic E-state index is 12.1. The lowest BCUT2D eigenvalue weighted by Crippen LogP contribution is -2.35. The van der Waals surface area contributed by atoms with Crippen molar-refractivity contribution < 1.29 is 4.79 Å². The highest BCUT2D eigenvalue weighted by Gasteiger charge is 2.18. The fourth-order valence-electron chi connectivity index (χ4n) is 1.97. The molecule has 0 fully saturated rings. The summed E-state index contributed by atoms with van der Waals surface area (Å²) in [5, 5.41) is 3.55. The molecule has 0 aromatic heterocycles. The van der Waals surface area contributed by atoms with E-state index in [2.05, 4.69) is 5.32 Å². The highest BCUT2D eigenvalue weighted by atomic mass is 35.5. The maximum absolute atomic E-state index is 12.1. The highest BCUT2D eigenvalue weighted by Crippen LogP contribution is 2.18. The summed E-state index contributed by atoms with van der Waals surface area (Å²) in [6.45, 7) is 1.90. The van der Waals surface area contributed by atoms with E-state index in [9.17, 15) is 4.79 Å². The van der Waals surface area contributed by atoms with E-state index in [1.807, 2.05) is 55.5 Å². The van der Waals surface area contributed by atoms with Crippen LogP contribution in [0.2, 0.25) is 5.02 Å². The van der Waals surface area contributed by atoms with Crippen molar-refractivity contribution in [2.45, 2.75) is 19.0 Å². The van der Waals surface area contributed by atoms with E-state index in [0.717, 1.165) is 11.1 Å². The van der Waals surface area contributed by atoms with Crippen molar-refractivity contribution in [2.75, 3.05) is 0 Å². The molecule has 0 radical (unpaired) electrons. The first kappa shape index (κ1) is 14.6. The van der Waals surface area contributed by atoms with Crippen molar-refractivity contribution in [3.05, 3.63) is 70.7 Å². The van der Waals surface area contributed by atoms with Gasteiger partial charge in [0.05, 0.1) is 6.04 Å². The van der Waals surface area contributed by atoms with Crippen molar-refractivity contribution >= 4 is 17.5 Å². The molecule has 0 aliphatic rings. The first-order valence-corrected chi connectivity index (χ1v) is 6.82. The second-order valence-electron chi connectivity index (χ2n) is 4.67. The van der Waals surface area contributed by atoms with Gasteiger partial charge >= 0.3 is 0 Å². The van der Waals surface area contributed by atoms with Gasteiger partial charge in [0.25, 0.3) is 0 Å². The van der Waals surface area contributed by atoms with E-state index < -0.39 is 6.04 Å². The van der Waals surface area contributed by atoms with Crippen LogP contribution in [0.15, 0.2) is 54.6 Å². The van der Waals surface area contributed by atoms with Crippen LogP contribution in [0.4, 0.5) is 0 Å². The van der Waals surface area contributed by atoms with E-state index in [4.69, 9.17) is 17.3 Å². The summed E-state index contributed by atoms with van der Waals surface area (Å²) in [5.41, 5.74) is 7.70. The zero-order valence-corrected chi connectivity index (χ0v) is 12.0. The van der Waals surface area contributed by atoms with Crippen molar-refractivity contribution in [2.24, 2.45) is 5.73 Å². The van der Waals surface area contributed by atoms with Gasteiger partial charge in [-0.1, -0.05) is 54.1 Å². The number of carbonyl (C=O) groups is 1. The first-order valence-electron chi connectivity index (χ1n) is 6.44. The average molecular weight is 289 g/mol. The van der Waals surface area contributed by atoms with E-state index >= 15 is 0 Å². The molecule has 4 heteroatoms. The number of benzene rings is 2. The van der Waals surface area contributed by atoms with Crippen LogP contribution in [-0.4, -0.2) is 5.91 Å². The van der Waals surface area contributed by atoms with E-state index in [1.165, 1.54) is 0 Å². The first-order chi connectivity index (χ1) is 9.58. The molecule has 104 valence electrons. The molecule has 3 nitrogen and oxygen atoms in total. The number of hydrogen-bond donors (Lipinski definition) is 2. The van der Waals surface area contributed by atoms with Crippen molar-refractivity contribution in [3.63, 3.8) is 0 Å². The summed E-state index contributed by atoms with van der Waals surface area (Å²) in [6, 6.07) is 15.9. The third kappa shape index (κ3) is 3.59. The maximum Gasteiger partial charge on any atom is 0.241 e. The molecule has 0 aliphatic heterocycles. The summed E-state index contributed by atoms with van der Waals surface area (Å²) in [4.78, 5) is 12.1. The summed E-state index contributed by atoms with van der Waals surface area (Å²) in [6.07, 6.45) is 0. The van der Waals surface area contributed by atoms with Crippen LogP contribution in [0.5, 0.6) is 0 Å². The molecule has 0 saturated carbocycles. The van der Waals surface area contributed by atoms with Gasteiger partial charge in [0, 0.05) is 5.02 Å². The van der Waals surface area contributed by atoms with E-state index in [1.54, 1.807) is 6.07 Å². The molecule has 0 heterocycles. The Hall–Kier alpha value is -1.84. The van der Waals surface area contributed by atoms with Crippen molar-refractivity contribution in [1.82, 2.24) is 5.32 Å². The molecule has 0 bridgehead atoms. The number of hydrogen-bond acceptors (Lipinski definition) is 2. The van der Waals surface area contributed by atoms with Gasteiger partial charge in [-0.3, -0.25) is 4.79 Å². The van der Waals surface area contributed by atoms with Crippen LogP contribution < -0.4 is 11.1 Å². The Morgan fingerprint density at radius 1 is 1.10 bits per heavy atom. The second-order valence-corrected chi connectivity index (χ2v) is 5.11. The molecule has 1 amide bonds. The Labute approximate surface area is 123 Å². The van der Waals surface area contributed by atoms with Gasteiger partial charge in [-0.05, 0) is 30.2 Å². The quantitative estimate of drug-likeness (QED) is 0.907. The largest absolute Gasteiger partial charge is 0.348 e. The molecule has 2 aromatic rings. The molecule has 0 saturated heterocycles. The molecule has 2 rings (SSSR count). The van der Waals surface area contributed by atoms with Crippen LogP contribution in [-0.2, 0) is 4.79 Å². The number of nitrogens with one attached hydrogen (secondary N) is 1. The van der Waals surface area contributed by atoms with Crippen LogP contribution in [0, 0.1) is 0 Å². The SMILES string of the molecule is C[C@H](NC(=O)[C@H](N)c1ccccc1)c1cccc(Cl)c1. The third-order valence-corrected chi connectivity index (χ3v) is 3.38. The predicted octanol–water partition coefficient (Wildman–Crippen LogP) is 3.22. The Kier molecular flexibility index (Phi) is 4.77. The fourth-order valence-corrected chi connectivity index (χ4v) is 2.17. The van der Waals surface area contributed by atoms with Crippen molar-refractivity contribution in [3.8, 4) is 0 Å². The zero-order chi connectivity index (χ0) is 14.5. The summed E-state index contributed by atoms with van der Waals surface area (Å²) >= 11 is 5.95. The molecule has 2 aromatic carbocycles. The van der Waals surface area contributed by atoms with Crippen LogP contribution in [0.3, 0.4) is 0 Å². The molecule has 20 heavy (non-hydrogen) atoms. The van der Waals surface area contributed by atoms with Gasteiger partial charge in [0.2, 0.25) is 5.91 Å². The summed E-state index contributed by atoms with van der Waals surface area (Å²) < 4.78 is 0. The third-order valence-electron chi connectivity index (χ3n) is 3.15. The van der Waals surface area contributed by atoms with E-state index in [0.29, 0.717) is 5.02 Å². The smallest absolute Gasteiger partial charge is 0.241 e. The van der Waals surface area contributed by atoms with Gasteiger partial charge < -0.3 is 11.1 Å². The van der Waals surface area contributed by atoms with Gasteiger partial charge in [0.15, 0.2) is 0 Å². The molecule has 0 aliphatic carbocycles. The van der Waals surface area contributed by atoms with Gasteiger partial charge in [-0.25, -0.2) is 0 Å². The molecule has 3 N–H and O–H groups in total. The zero-order valence-electron chi connectivity index (χ0n) is 11.2. The minimum Gasteiger partial charge on any atom is -0.348 e. The predicted molar refractivity (Wildman–Crippen MR) is 81.4 cm³/mol. The molecule has 0 spiro atoms. The Morgan fingerprint density at radius 2 is 1.75 bits per heavy atom. The molecular weight excluding hydrogens is 272 g/mol. The van der Waals surface area contributed by atoms with Crippen LogP contribution in [0.25, 0.3) is 0 Å². The van der Waals surface area contributed by atoms with Gasteiger partial charge in [-0.15, -0.1) is 0 Å². The molecular formula is C16H17ClN2O.